The number of carbonyl (C=O) groups is 1. The molecular formula is C15H19BrO2. The Morgan fingerprint density at radius 3 is 2.61 bits per heavy atom. The number of benzene rings is 1. The fourth-order valence-corrected chi connectivity index (χ4v) is 3.13. The lowest BCUT2D eigenvalue weighted by Crippen LogP contribution is -2.21. The van der Waals surface area contributed by atoms with E-state index < -0.39 is 0 Å². The molecule has 3 heteroatoms. The molecule has 18 heavy (non-hydrogen) atoms. The van der Waals surface area contributed by atoms with Crippen molar-refractivity contribution in [3.05, 3.63) is 33.8 Å². The fraction of sp³-hybridized carbons (Fsp3) is 0.533. The van der Waals surface area contributed by atoms with E-state index in [9.17, 15) is 4.79 Å². The van der Waals surface area contributed by atoms with E-state index in [2.05, 4.69) is 28.9 Å². The highest BCUT2D eigenvalue weighted by Crippen LogP contribution is 2.38. The third-order valence-electron chi connectivity index (χ3n) is 3.87. The van der Waals surface area contributed by atoms with Gasteiger partial charge in [-0.2, -0.15) is 0 Å². The van der Waals surface area contributed by atoms with Gasteiger partial charge < -0.3 is 4.74 Å². The van der Waals surface area contributed by atoms with Crippen LogP contribution >= 0.6 is 15.9 Å². The van der Waals surface area contributed by atoms with Gasteiger partial charge in [0.2, 0.25) is 0 Å². The maximum absolute atomic E-state index is 12.1. The highest BCUT2D eigenvalue weighted by Gasteiger charge is 2.32. The van der Waals surface area contributed by atoms with E-state index in [-0.39, 0.29) is 11.9 Å². The van der Waals surface area contributed by atoms with E-state index >= 15 is 0 Å². The molecule has 2 rings (SSSR count). The first-order valence-electron chi connectivity index (χ1n) is 6.47. The Morgan fingerprint density at radius 2 is 2.06 bits per heavy atom. The molecule has 0 heterocycles. The van der Waals surface area contributed by atoms with Crippen LogP contribution in [-0.4, -0.2) is 13.1 Å². The number of hydrogen-bond acceptors (Lipinski definition) is 2. The van der Waals surface area contributed by atoms with Crippen LogP contribution in [0.2, 0.25) is 0 Å². The second-order valence-corrected chi connectivity index (χ2v) is 5.91. The van der Waals surface area contributed by atoms with E-state index in [0.29, 0.717) is 5.92 Å². The van der Waals surface area contributed by atoms with E-state index in [0.717, 1.165) is 22.9 Å². The summed E-state index contributed by atoms with van der Waals surface area (Å²) in [5, 5.41) is 0. The molecule has 1 unspecified atom stereocenters. The van der Waals surface area contributed by atoms with Crippen LogP contribution < -0.4 is 0 Å². The molecule has 1 fully saturated rings. The maximum atomic E-state index is 12.1. The summed E-state index contributed by atoms with van der Waals surface area (Å²) in [5.74, 6) is 0.256. The van der Waals surface area contributed by atoms with Crippen LogP contribution in [0.25, 0.3) is 0 Å². The summed E-state index contributed by atoms with van der Waals surface area (Å²) in [5.41, 5.74) is 2.26. The Labute approximate surface area is 117 Å². The zero-order valence-electron chi connectivity index (χ0n) is 10.9. The molecule has 1 aliphatic carbocycles. The van der Waals surface area contributed by atoms with Gasteiger partial charge in [-0.05, 0) is 42.9 Å². The third kappa shape index (κ3) is 2.77. The first-order valence-corrected chi connectivity index (χ1v) is 7.26. The van der Waals surface area contributed by atoms with Crippen LogP contribution in [0.5, 0.6) is 0 Å². The zero-order valence-corrected chi connectivity index (χ0v) is 12.5. The van der Waals surface area contributed by atoms with Gasteiger partial charge in [-0.1, -0.05) is 40.9 Å². The zero-order chi connectivity index (χ0) is 13.1. The fourth-order valence-electron chi connectivity index (χ4n) is 2.88. The molecule has 1 atom stereocenters. The lowest BCUT2D eigenvalue weighted by molar-refractivity contribution is -0.143. The number of esters is 1. The molecule has 0 saturated heterocycles. The van der Waals surface area contributed by atoms with Crippen molar-refractivity contribution in [2.45, 2.75) is 38.5 Å². The van der Waals surface area contributed by atoms with Crippen molar-refractivity contribution in [3.8, 4) is 0 Å². The Morgan fingerprint density at radius 1 is 1.39 bits per heavy atom. The number of hydrogen-bond donors (Lipinski definition) is 0. The summed E-state index contributed by atoms with van der Waals surface area (Å²) < 4.78 is 6.08. The summed E-state index contributed by atoms with van der Waals surface area (Å²) in [7, 11) is 1.48. The van der Waals surface area contributed by atoms with Crippen molar-refractivity contribution in [3.63, 3.8) is 0 Å². The Bertz CT molecular complexity index is 436. The van der Waals surface area contributed by atoms with Crippen molar-refractivity contribution in [1.82, 2.24) is 0 Å². The quantitative estimate of drug-likeness (QED) is 0.782. The van der Waals surface area contributed by atoms with Crippen LogP contribution in [0, 0.1) is 12.8 Å². The molecule has 0 N–H and O–H groups in total. The van der Waals surface area contributed by atoms with Gasteiger partial charge in [0.05, 0.1) is 13.0 Å². The summed E-state index contributed by atoms with van der Waals surface area (Å²) >= 11 is 3.50. The first kappa shape index (κ1) is 13.6. The van der Waals surface area contributed by atoms with Crippen LogP contribution in [0.15, 0.2) is 22.7 Å². The minimum absolute atomic E-state index is 0.0932. The van der Waals surface area contributed by atoms with Crippen molar-refractivity contribution >= 4 is 21.9 Å². The van der Waals surface area contributed by atoms with Crippen molar-refractivity contribution < 1.29 is 9.53 Å². The summed E-state index contributed by atoms with van der Waals surface area (Å²) in [6, 6.07) is 6.16. The van der Waals surface area contributed by atoms with Crippen molar-refractivity contribution in [1.29, 1.82) is 0 Å². The lowest BCUT2D eigenvalue weighted by atomic mass is 9.84. The lowest BCUT2D eigenvalue weighted by Gasteiger charge is -2.22. The Balaban J connectivity index is 2.32. The average molecular weight is 311 g/mol. The molecule has 98 valence electrons. The minimum Gasteiger partial charge on any atom is -0.469 e. The van der Waals surface area contributed by atoms with E-state index in [1.165, 1.54) is 25.5 Å². The van der Waals surface area contributed by atoms with Gasteiger partial charge in [0.25, 0.3) is 0 Å². The van der Waals surface area contributed by atoms with Gasteiger partial charge in [-0.15, -0.1) is 0 Å². The number of carbonyl (C=O) groups excluding carboxylic acids is 1. The van der Waals surface area contributed by atoms with Crippen LogP contribution in [-0.2, 0) is 9.53 Å². The molecule has 0 spiro atoms. The number of halogens is 1. The van der Waals surface area contributed by atoms with Crippen molar-refractivity contribution in [2.75, 3.05) is 7.11 Å². The Kier molecular flexibility index (Phi) is 4.44. The predicted molar refractivity (Wildman–Crippen MR) is 75.6 cm³/mol. The molecule has 0 aromatic heterocycles. The molecule has 0 amide bonds. The maximum Gasteiger partial charge on any atom is 0.313 e. The second kappa shape index (κ2) is 5.87. The van der Waals surface area contributed by atoms with Crippen LogP contribution in [0.4, 0.5) is 0 Å². The predicted octanol–water partition coefficient (Wildman–Crippen LogP) is 4.20. The van der Waals surface area contributed by atoms with Gasteiger partial charge in [-0.25, -0.2) is 0 Å². The molecule has 1 aliphatic rings. The molecule has 2 nitrogen and oxygen atoms in total. The number of aryl methyl sites for hydroxylation is 1. The highest BCUT2D eigenvalue weighted by atomic mass is 79.9. The SMILES string of the molecule is COC(=O)C(c1ccc(Br)c(C)c1)C1CCCC1. The molecule has 1 aromatic rings. The molecule has 0 aliphatic heterocycles. The van der Waals surface area contributed by atoms with Gasteiger partial charge in [-0.3, -0.25) is 4.79 Å². The van der Waals surface area contributed by atoms with Crippen LogP contribution in [0.3, 0.4) is 0 Å². The third-order valence-corrected chi connectivity index (χ3v) is 4.76. The molecule has 0 bridgehead atoms. The van der Waals surface area contributed by atoms with Gasteiger partial charge >= 0.3 is 5.97 Å². The number of methoxy groups -OCH3 is 1. The van der Waals surface area contributed by atoms with Gasteiger partial charge in [0.1, 0.15) is 0 Å². The first-order chi connectivity index (χ1) is 8.63. The van der Waals surface area contributed by atoms with Crippen molar-refractivity contribution in [2.24, 2.45) is 5.92 Å². The monoisotopic (exact) mass is 310 g/mol. The van der Waals surface area contributed by atoms with E-state index in [1.54, 1.807) is 0 Å². The highest BCUT2D eigenvalue weighted by molar-refractivity contribution is 9.10. The van der Waals surface area contributed by atoms with E-state index in [1.807, 2.05) is 12.1 Å². The molecule has 1 saturated carbocycles. The second-order valence-electron chi connectivity index (χ2n) is 5.05. The molecular weight excluding hydrogens is 292 g/mol. The van der Waals surface area contributed by atoms with Gasteiger partial charge in [0, 0.05) is 4.47 Å². The smallest absolute Gasteiger partial charge is 0.313 e. The number of ether oxygens (including phenoxy) is 1. The summed E-state index contributed by atoms with van der Waals surface area (Å²) in [4.78, 5) is 12.1. The van der Waals surface area contributed by atoms with Crippen LogP contribution in [0.1, 0.15) is 42.7 Å². The summed E-state index contributed by atoms with van der Waals surface area (Å²) in [6.45, 7) is 2.05. The summed E-state index contributed by atoms with van der Waals surface area (Å²) in [6.07, 6.45) is 4.73. The average Bonchev–Trinajstić information content (AvgIpc) is 2.87. The normalized spacial score (nSPS) is 17.7. The molecule has 1 aromatic carbocycles. The minimum atomic E-state index is -0.0939. The molecule has 0 radical (unpaired) electrons. The largest absolute Gasteiger partial charge is 0.469 e. The topological polar surface area (TPSA) is 26.3 Å². The Hall–Kier alpha value is -0.830. The number of rotatable bonds is 3. The van der Waals surface area contributed by atoms with Gasteiger partial charge in [0.15, 0.2) is 0 Å². The van der Waals surface area contributed by atoms with E-state index in [4.69, 9.17) is 4.74 Å². The standard InChI is InChI=1S/C15H19BrO2/c1-10-9-12(7-8-13(10)16)14(15(17)18-2)11-5-3-4-6-11/h7-9,11,14H,3-6H2,1-2H3.